The smallest absolute Gasteiger partial charge is 0.239 e. The summed E-state index contributed by atoms with van der Waals surface area (Å²) in [6, 6.07) is 5.99. The Morgan fingerprint density at radius 2 is 2.38 bits per heavy atom. The van der Waals surface area contributed by atoms with Gasteiger partial charge in [-0.3, -0.25) is 9.69 Å². The first-order chi connectivity index (χ1) is 7.76. The zero-order valence-electron chi connectivity index (χ0n) is 9.06. The molecule has 1 aliphatic rings. The molecular formula is C11H14N2O2S. The third-order valence-corrected chi connectivity index (χ3v) is 3.54. The summed E-state index contributed by atoms with van der Waals surface area (Å²) in [5.74, 6) is 0.362. The second-order valence-electron chi connectivity index (χ2n) is 3.58. The van der Waals surface area contributed by atoms with Gasteiger partial charge in [-0.15, -0.1) is 11.8 Å². The van der Waals surface area contributed by atoms with Crippen molar-refractivity contribution < 1.29 is 9.90 Å². The molecule has 0 spiro atoms. The van der Waals surface area contributed by atoms with Gasteiger partial charge in [0.15, 0.2) is 0 Å². The lowest BCUT2D eigenvalue weighted by Gasteiger charge is -2.27. The van der Waals surface area contributed by atoms with E-state index < -0.39 is 0 Å². The molecule has 1 aromatic carbocycles. The van der Waals surface area contributed by atoms with Crippen LogP contribution in [0.15, 0.2) is 23.1 Å². The van der Waals surface area contributed by atoms with Crippen LogP contribution in [0.3, 0.4) is 0 Å². The predicted octanol–water partition coefficient (Wildman–Crippen LogP) is 0.794. The van der Waals surface area contributed by atoms with Gasteiger partial charge in [-0.2, -0.15) is 0 Å². The van der Waals surface area contributed by atoms with Gasteiger partial charge in [-0.1, -0.05) is 6.07 Å². The zero-order chi connectivity index (χ0) is 11.5. The minimum atomic E-state index is -0.255. The van der Waals surface area contributed by atoms with Crippen LogP contribution in [0, 0.1) is 0 Å². The highest BCUT2D eigenvalue weighted by Gasteiger charge is 2.23. The monoisotopic (exact) mass is 238 g/mol. The van der Waals surface area contributed by atoms with Crippen molar-refractivity contribution in [2.75, 3.05) is 24.4 Å². The molecule has 0 radical (unpaired) electrons. The standard InChI is InChI=1S/C11H14N2O2S/c1-12-5-8-2-3-10-9(4-8)13(7-14)11(15)6-16-10/h2-4,12,14H,5-7H2,1H3. The first-order valence-electron chi connectivity index (χ1n) is 5.08. The molecule has 1 amide bonds. The molecule has 2 N–H and O–H groups in total. The minimum Gasteiger partial charge on any atom is -0.376 e. The second-order valence-corrected chi connectivity index (χ2v) is 4.60. The van der Waals surface area contributed by atoms with Crippen molar-refractivity contribution in [2.24, 2.45) is 0 Å². The fourth-order valence-electron chi connectivity index (χ4n) is 1.72. The molecule has 1 aromatic rings. The predicted molar refractivity (Wildman–Crippen MR) is 64.5 cm³/mol. The van der Waals surface area contributed by atoms with Gasteiger partial charge in [0.25, 0.3) is 0 Å². The molecule has 0 saturated carbocycles. The quantitative estimate of drug-likeness (QED) is 0.817. The Morgan fingerprint density at radius 3 is 3.06 bits per heavy atom. The van der Waals surface area contributed by atoms with Gasteiger partial charge in [-0.05, 0) is 24.7 Å². The van der Waals surface area contributed by atoms with Crippen molar-refractivity contribution in [3.63, 3.8) is 0 Å². The Kier molecular flexibility index (Phi) is 3.48. The highest BCUT2D eigenvalue weighted by atomic mass is 32.2. The summed E-state index contributed by atoms with van der Waals surface area (Å²) in [7, 11) is 1.88. The number of anilines is 1. The molecule has 0 bridgehead atoms. The maximum atomic E-state index is 11.6. The summed E-state index contributed by atoms with van der Waals surface area (Å²) in [5, 5.41) is 12.3. The van der Waals surface area contributed by atoms with Crippen LogP contribution < -0.4 is 10.2 Å². The molecule has 0 unspecified atom stereocenters. The number of hydrogen-bond acceptors (Lipinski definition) is 4. The largest absolute Gasteiger partial charge is 0.376 e. The molecule has 5 heteroatoms. The third kappa shape index (κ3) is 2.07. The van der Waals surface area contributed by atoms with Crippen molar-refractivity contribution in [2.45, 2.75) is 11.4 Å². The molecule has 0 aromatic heterocycles. The van der Waals surface area contributed by atoms with E-state index in [9.17, 15) is 9.90 Å². The Labute approximate surface area is 98.6 Å². The number of thioether (sulfide) groups is 1. The summed E-state index contributed by atoms with van der Waals surface area (Å²) in [6.45, 7) is 0.501. The van der Waals surface area contributed by atoms with E-state index in [-0.39, 0.29) is 12.6 Å². The van der Waals surface area contributed by atoms with E-state index in [1.165, 1.54) is 16.7 Å². The maximum Gasteiger partial charge on any atom is 0.239 e. The first kappa shape index (κ1) is 11.4. The first-order valence-corrected chi connectivity index (χ1v) is 6.06. The molecule has 1 heterocycles. The number of aliphatic hydroxyl groups excluding tert-OH is 1. The fraction of sp³-hybridized carbons (Fsp3) is 0.364. The molecule has 16 heavy (non-hydrogen) atoms. The van der Waals surface area contributed by atoms with Crippen molar-refractivity contribution in [1.82, 2.24) is 5.32 Å². The molecule has 1 aliphatic heterocycles. The van der Waals surface area contributed by atoms with Gasteiger partial charge in [0.2, 0.25) is 5.91 Å². The van der Waals surface area contributed by atoms with Crippen LogP contribution in [-0.2, 0) is 11.3 Å². The molecular weight excluding hydrogens is 224 g/mol. The number of aliphatic hydroxyl groups is 1. The van der Waals surface area contributed by atoms with Crippen molar-refractivity contribution in [3.05, 3.63) is 23.8 Å². The number of rotatable bonds is 3. The minimum absolute atomic E-state index is 0.0402. The van der Waals surface area contributed by atoms with E-state index in [0.29, 0.717) is 5.75 Å². The van der Waals surface area contributed by atoms with E-state index in [1.54, 1.807) is 0 Å². The van der Waals surface area contributed by atoms with Gasteiger partial charge in [0, 0.05) is 11.4 Å². The summed E-state index contributed by atoms with van der Waals surface area (Å²) < 4.78 is 0. The fourth-order valence-corrected chi connectivity index (χ4v) is 2.63. The summed E-state index contributed by atoms with van der Waals surface area (Å²) in [4.78, 5) is 14.1. The summed E-state index contributed by atoms with van der Waals surface area (Å²) in [6.07, 6.45) is 0. The van der Waals surface area contributed by atoms with E-state index in [4.69, 9.17) is 0 Å². The number of benzene rings is 1. The van der Waals surface area contributed by atoms with Gasteiger partial charge in [0.05, 0.1) is 11.4 Å². The highest BCUT2D eigenvalue weighted by Crippen LogP contribution is 2.35. The average Bonchev–Trinajstić information content (AvgIpc) is 2.29. The number of amides is 1. The van der Waals surface area contributed by atoms with E-state index >= 15 is 0 Å². The van der Waals surface area contributed by atoms with E-state index in [1.807, 2.05) is 25.2 Å². The Hall–Kier alpha value is -1.04. The second kappa shape index (κ2) is 4.86. The SMILES string of the molecule is CNCc1ccc2c(c1)N(CO)C(=O)CS2. The van der Waals surface area contributed by atoms with Gasteiger partial charge < -0.3 is 10.4 Å². The van der Waals surface area contributed by atoms with Crippen molar-refractivity contribution in [3.8, 4) is 0 Å². The molecule has 0 saturated heterocycles. The molecule has 86 valence electrons. The normalized spacial score (nSPS) is 15.1. The maximum absolute atomic E-state index is 11.6. The van der Waals surface area contributed by atoms with Crippen LogP contribution in [0.1, 0.15) is 5.56 Å². The number of carbonyl (C=O) groups excluding carboxylic acids is 1. The van der Waals surface area contributed by atoms with Crippen molar-refractivity contribution in [1.29, 1.82) is 0 Å². The summed E-state index contributed by atoms with van der Waals surface area (Å²) >= 11 is 1.52. The number of nitrogens with zero attached hydrogens (tertiary/aromatic N) is 1. The van der Waals surface area contributed by atoms with Crippen LogP contribution in [0.4, 0.5) is 5.69 Å². The lowest BCUT2D eigenvalue weighted by Crippen LogP contribution is -2.36. The van der Waals surface area contributed by atoms with Crippen LogP contribution in [0.5, 0.6) is 0 Å². The van der Waals surface area contributed by atoms with Crippen LogP contribution in [0.25, 0.3) is 0 Å². The lowest BCUT2D eigenvalue weighted by molar-refractivity contribution is -0.117. The van der Waals surface area contributed by atoms with Crippen molar-refractivity contribution >= 4 is 23.4 Å². The van der Waals surface area contributed by atoms with Gasteiger partial charge in [-0.25, -0.2) is 0 Å². The van der Waals surface area contributed by atoms with Gasteiger partial charge >= 0.3 is 0 Å². The molecule has 0 aliphatic carbocycles. The summed E-state index contributed by atoms with van der Waals surface area (Å²) in [5.41, 5.74) is 1.92. The topological polar surface area (TPSA) is 52.6 Å². The average molecular weight is 238 g/mol. The Balaban J connectivity index is 2.37. The molecule has 0 atom stereocenters. The van der Waals surface area contributed by atoms with Crippen LogP contribution in [-0.4, -0.2) is 30.5 Å². The molecule has 0 fully saturated rings. The number of nitrogens with one attached hydrogen (secondary N) is 1. The zero-order valence-corrected chi connectivity index (χ0v) is 9.88. The molecule has 4 nitrogen and oxygen atoms in total. The Morgan fingerprint density at radius 1 is 1.56 bits per heavy atom. The third-order valence-electron chi connectivity index (χ3n) is 2.49. The number of hydrogen-bond donors (Lipinski definition) is 2. The van der Waals surface area contributed by atoms with Gasteiger partial charge in [0.1, 0.15) is 6.73 Å². The molecule has 2 rings (SSSR count). The highest BCUT2D eigenvalue weighted by molar-refractivity contribution is 8.00. The lowest BCUT2D eigenvalue weighted by atomic mass is 10.2. The van der Waals surface area contributed by atoms with E-state index in [2.05, 4.69) is 5.32 Å². The van der Waals surface area contributed by atoms with Crippen LogP contribution in [0.2, 0.25) is 0 Å². The van der Waals surface area contributed by atoms with E-state index in [0.717, 1.165) is 22.7 Å². The van der Waals surface area contributed by atoms with Crippen LogP contribution >= 0.6 is 11.8 Å². The number of carbonyl (C=O) groups is 1. The number of fused-ring (bicyclic) bond motifs is 1. The Bertz CT molecular complexity index is 409.